The highest BCUT2D eigenvalue weighted by molar-refractivity contribution is 7.12. The maximum atomic E-state index is 12.2. The molecule has 0 saturated heterocycles. The Balaban J connectivity index is 1.72. The van der Waals surface area contributed by atoms with Crippen molar-refractivity contribution in [3.63, 3.8) is 0 Å². The number of fused-ring (bicyclic) bond motifs is 1. The average molecular weight is 475 g/mol. The van der Waals surface area contributed by atoms with Crippen LogP contribution in [-0.4, -0.2) is 45.4 Å². The molecule has 168 valence electrons. The van der Waals surface area contributed by atoms with E-state index < -0.39 is 0 Å². The molecule has 0 radical (unpaired) electrons. The number of nitrogens with zero attached hydrogens (tertiary/aromatic N) is 1. The number of rotatable bonds is 7. The molecule has 0 aliphatic carbocycles. The van der Waals surface area contributed by atoms with Gasteiger partial charge in [0.05, 0.1) is 36.4 Å². The van der Waals surface area contributed by atoms with E-state index >= 15 is 0 Å². The highest BCUT2D eigenvalue weighted by Gasteiger charge is 2.20. The normalized spacial score (nSPS) is 12.4. The first-order valence-corrected chi connectivity index (χ1v) is 11.2. The lowest BCUT2D eigenvalue weighted by Gasteiger charge is -2.18. The molecule has 1 aliphatic heterocycles. The quantitative estimate of drug-likeness (QED) is 0.554. The Hall–Kier alpha value is -2.97. The van der Waals surface area contributed by atoms with Crippen LogP contribution in [0.25, 0.3) is 11.3 Å². The molecule has 1 aliphatic rings. The Bertz CT molecular complexity index is 1150. The standard InChI is InChI=1S/C23H23ClN2O5S/c1-25-21(27)12-20-23(13-4-5-16-19(9-13)31-7-6-30-16)26-22(32-20)10-14-8-15(24)18(29-3)11-17(14)28-2/h4-5,8-9,11H,6-7,10,12H2,1-3H3,(H,25,27). The molecule has 1 N–H and O–H groups in total. The number of ether oxygens (including phenoxy) is 4. The molecule has 3 aromatic rings. The molecule has 0 spiro atoms. The topological polar surface area (TPSA) is 78.9 Å². The number of carbonyl (C=O) groups is 1. The Labute approximate surface area is 195 Å². The number of methoxy groups -OCH3 is 2. The maximum Gasteiger partial charge on any atom is 0.225 e. The second kappa shape index (κ2) is 9.67. The van der Waals surface area contributed by atoms with Gasteiger partial charge < -0.3 is 24.3 Å². The number of halogens is 1. The first kappa shape index (κ1) is 22.2. The van der Waals surface area contributed by atoms with E-state index in [2.05, 4.69) is 5.32 Å². The molecule has 0 bridgehead atoms. The SMILES string of the molecule is CNC(=O)Cc1sc(Cc2cc(Cl)c(OC)cc2OC)nc1-c1ccc2c(c1)OCCO2. The van der Waals surface area contributed by atoms with Crippen molar-refractivity contribution in [2.24, 2.45) is 0 Å². The molecule has 1 amide bonds. The van der Waals surface area contributed by atoms with Crippen molar-refractivity contribution in [3.05, 3.63) is 50.8 Å². The summed E-state index contributed by atoms with van der Waals surface area (Å²) in [7, 11) is 4.79. The molecule has 2 heterocycles. The van der Waals surface area contributed by atoms with Gasteiger partial charge in [-0.1, -0.05) is 11.6 Å². The largest absolute Gasteiger partial charge is 0.496 e. The van der Waals surface area contributed by atoms with Gasteiger partial charge in [0.15, 0.2) is 11.5 Å². The molecular weight excluding hydrogens is 452 g/mol. The van der Waals surface area contributed by atoms with Gasteiger partial charge in [0.2, 0.25) is 5.91 Å². The van der Waals surface area contributed by atoms with Crippen LogP contribution in [0.2, 0.25) is 5.02 Å². The third-order valence-corrected chi connectivity index (χ3v) is 6.40. The van der Waals surface area contributed by atoms with Crippen LogP contribution in [0.5, 0.6) is 23.0 Å². The van der Waals surface area contributed by atoms with Crippen molar-refractivity contribution in [1.29, 1.82) is 0 Å². The summed E-state index contributed by atoms with van der Waals surface area (Å²) in [6.07, 6.45) is 0.737. The third-order valence-electron chi connectivity index (χ3n) is 5.05. The minimum absolute atomic E-state index is 0.0796. The van der Waals surface area contributed by atoms with Crippen molar-refractivity contribution in [1.82, 2.24) is 10.3 Å². The van der Waals surface area contributed by atoms with Gasteiger partial charge in [0, 0.05) is 35.5 Å². The number of likely N-dealkylation sites (N-methyl/N-ethyl adjacent to an activating group) is 1. The molecule has 0 saturated carbocycles. The van der Waals surface area contributed by atoms with Gasteiger partial charge in [-0.25, -0.2) is 4.98 Å². The molecule has 32 heavy (non-hydrogen) atoms. The van der Waals surface area contributed by atoms with Gasteiger partial charge in [0.25, 0.3) is 0 Å². The number of hydrogen-bond donors (Lipinski definition) is 1. The van der Waals surface area contributed by atoms with E-state index in [4.69, 9.17) is 35.5 Å². The second-order valence-corrected chi connectivity index (χ2v) is 8.64. The maximum absolute atomic E-state index is 12.2. The summed E-state index contributed by atoms with van der Waals surface area (Å²) in [5.74, 6) is 2.52. The lowest BCUT2D eigenvalue weighted by atomic mass is 10.1. The molecular formula is C23H23ClN2O5S. The number of carbonyl (C=O) groups excluding carboxylic acids is 1. The summed E-state index contributed by atoms with van der Waals surface area (Å²) in [6.45, 7) is 1.03. The van der Waals surface area contributed by atoms with Gasteiger partial charge in [-0.2, -0.15) is 0 Å². The van der Waals surface area contributed by atoms with Crippen molar-refractivity contribution in [3.8, 4) is 34.3 Å². The molecule has 0 unspecified atom stereocenters. The summed E-state index contributed by atoms with van der Waals surface area (Å²) in [6, 6.07) is 9.30. The van der Waals surface area contributed by atoms with Crippen LogP contribution in [0.3, 0.4) is 0 Å². The molecule has 2 aromatic carbocycles. The van der Waals surface area contributed by atoms with E-state index in [0.717, 1.165) is 26.7 Å². The van der Waals surface area contributed by atoms with Gasteiger partial charge in [0.1, 0.15) is 24.7 Å². The molecule has 9 heteroatoms. The summed E-state index contributed by atoms with van der Waals surface area (Å²) in [4.78, 5) is 17.9. The van der Waals surface area contributed by atoms with Crippen LogP contribution in [-0.2, 0) is 17.6 Å². The predicted molar refractivity (Wildman–Crippen MR) is 124 cm³/mol. The highest BCUT2D eigenvalue weighted by Crippen LogP contribution is 2.39. The first-order valence-electron chi connectivity index (χ1n) is 10.0. The second-order valence-electron chi connectivity index (χ2n) is 7.06. The average Bonchev–Trinajstić information content (AvgIpc) is 3.20. The smallest absolute Gasteiger partial charge is 0.225 e. The van der Waals surface area contributed by atoms with E-state index in [9.17, 15) is 4.79 Å². The van der Waals surface area contributed by atoms with Gasteiger partial charge >= 0.3 is 0 Å². The van der Waals surface area contributed by atoms with Crippen LogP contribution in [0.15, 0.2) is 30.3 Å². The Morgan fingerprint density at radius 3 is 2.59 bits per heavy atom. The summed E-state index contributed by atoms with van der Waals surface area (Å²) in [5, 5.41) is 4.02. The van der Waals surface area contributed by atoms with Crippen molar-refractivity contribution >= 4 is 28.8 Å². The summed E-state index contributed by atoms with van der Waals surface area (Å²) >= 11 is 7.83. The summed E-state index contributed by atoms with van der Waals surface area (Å²) < 4.78 is 22.2. The minimum Gasteiger partial charge on any atom is -0.496 e. The van der Waals surface area contributed by atoms with Crippen LogP contribution < -0.4 is 24.3 Å². The molecule has 0 fully saturated rings. The third kappa shape index (κ3) is 4.61. The fraction of sp³-hybridized carbons (Fsp3) is 0.304. The van der Waals surface area contributed by atoms with Crippen LogP contribution in [0.1, 0.15) is 15.4 Å². The first-order chi connectivity index (χ1) is 15.5. The zero-order valence-electron chi connectivity index (χ0n) is 18.0. The van der Waals surface area contributed by atoms with Crippen molar-refractivity contribution in [2.45, 2.75) is 12.8 Å². The molecule has 0 atom stereocenters. The van der Waals surface area contributed by atoms with E-state index in [1.807, 2.05) is 24.3 Å². The number of aromatic nitrogens is 1. The zero-order chi connectivity index (χ0) is 22.7. The Kier molecular flexibility index (Phi) is 6.72. The lowest BCUT2D eigenvalue weighted by Crippen LogP contribution is -2.19. The van der Waals surface area contributed by atoms with Gasteiger partial charge in [-0.15, -0.1) is 11.3 Å². The Morgan fingerprint density at radius 2 is 1.88 bits per heavy atom. The number of amides is 1. The predicted octanol–water partition coefficient (Wildman–Crippen LogP) is 4.13. The van der Waals surface area contributed by atoms with E-state index in [-0.39, 0.29) is 12.3 Å². The molecule has 7 nitrogen and oxygen atoms in total. The monoisotopic (exact) mass is 474 g/mol. The fourth-order valence-electron chi connectivity index (χ4n) is 3.47. The van der Waals surface area contributed by atoms with Gasteiger partial charge in [-0.05, 0) is 24.3 Å². The fourth-order valence-corrected chi connectivity index (χ4v) is 4.85. The van der Waals surface area contributed by atoms with E-state index in [1.165, 1.54) is 11.3 Å². The number of nitrogens with one attached hydrogen (secondary N) is 1. The van der Waals surface area contributed by atoms with Crippen molar-refractivity contribution < 1.29 is 23.7 Å². The zero-order valence-corrected chi connectivity index (χ0v) is 19.6. The van der Waals surface area contributed by atoms with E-state index in [1.54, 1.807) is 27.3 Å². The molecule has 1 aromatic heterocycles. The lowest BCUT2D eigenvalue weighted by molar-refractivity contribution is -0.119. The molecule has 4 rings (SSSR count). The minimum atomic E-state index is -0.0796. The Morgan fingerprint density at radius 1 is 1.12 bits per heavy atom. The van der Waals surface area contributed by atoms with Crippen LogP contribution >= 0.6 is 22.9 Å². The van der Waals surface area contributed by atoms with Crippen LogP contribution in [0.4, 0.5) is 0 Å². The highest BCUT2D eigenvalue weighted by atomic mass is 35.5. The van der Waals surface area contributed by atoms with Gasteiger partial charge in [-0.3, -0.25) is 4.79 Å². The number of hydrogen-bond acceptors (Lipinski definition) is 7. The van der Waals surface area contributed by atoms with Crippen LogP contribution in [0, 0.1) is 0 Å². The summed E-state index contributed by atoms with van der Waals surface area (Å²) in [5.41, 5.74) is 2.51. The van der Waals surface area contributed by atoms with Crippen molar-refractivity contribution in [2.75, 3.05) is 34.5 Å². The number of thiazole rings is 1. The van der Waals surface area contributed by atoms with E-state index in [0.29, 0.717) is 47.7 Å². The number of benzene rings is 2.